The Labute approximate surface area is 196 Å². The Balaban J connectivity index is 1.72. The first-order chi connectivity index (χ1) is 15.8. The van der Waals surface area contributed by atoms with Gasteiger partial charge in [-0.25, -0.2) is 0 Å². The number of carbonyl (C=O) groups excluding carboxylic acids is 1. The minimum atomic E-state index is -0.522. The first-order valence-electron chi connectivity index (χ1n) is 9.93. The molecular formula is C25H20ClN3O4. The molecule has 1 N–H and O–H groups in total. The lowest BCUT2D eigenvalue weighted by Gasteiger charge is -2.10. The molecule has 0 radical (unpaired) electrons. The second kappa shape index (κ2) is 10.4. The van der Waals surface area contributed by atoms with E-state index in [2.05, 4.69) is 5.32 Å². The quantitative estimate of drug-likeness (QED) is 0.201. The highest BCUT2D eigenvalue weighted by Gasteiger charge is 2.12. The highest BCUT2D eigenvalue weighted by molar-refractivity contribution is 6.32. The molecule has 0 aliphatic carbocycles. The number of nitro benzene ring substituents is 1. The SMILES string of the molecule is Cc1ccc(NC(=O)/C(C#N)=C/c2ccc(OCc3cccc([N+](=O)[O-])c3)c(Cl)c2)c(C)c1. The number of nitrogens with one attached hydrogen (secondary N) is 1. The van der Waals surface area contributed by atoms with Crippen molar-refractivity contribution in [3.63, 3.8) is 0 Å². The number of nitriles is 1. The summed E-state index contributed by atoms with van der Waals surface area (Å²) in [6.45, 7) is 3.93. The van der Waals surface area contributed by atoms with Crippen LogP contribution in [0.2, 0.25) is 5.02 Å². The lowest BCUT2D eigenvalue weighted by atomic mass is 10.1. The second-order valence-electron chi connectivity index (χ2n) is 7.35. The van der Waals surface area contributed by atoms with Crippen LogP contribution >= 0.6 is 11.6 Å². The average molecular weight is 462 g/mol. The van der Waals surface area contributed by atoms with Crippen molar-refractivity contribution in [3.8, 4) is 11.8 Å². The predicted octanol–water partition coefficient (Wildman–Crippen LogP) is 5.99. The zero-order valence-corrected chi connectivity index (χ0v) is 18.7. The van der Waals surface area contributed by atoms with E-state index in [1.54, 1.807) is 36.4 Å². The molecule has 3 aromatic rings. The fraction of sp³-hybridized carbons (Fsp3) is 0.120. The third-order valence-electron chi connectivity index (χ3n) is 4.78. The number of nitrogens with zero attached hydrogens (tertiary/aromatic N) is 2. The minimum Gasteiger partial charge on any atom is -0.487 e. The number of aryl methyl sites for hydroxylation is 2. The lowest BCUT2D eigenvalue weighted by Crippen LogP contribution is -2.14. The first-order valence-corrected chi connectivity index (χ1v) is 10.3. The van der Waals surface area contributed by atoms with Crippen molar-refractivity contribution >= 4 is 35.0 Å². The summed E-state index contributed by atoms with van der Waals surface area (Å²) in [6.07, 6.45) is 1.44. The van der Waals surface area contributed by atoms with Gasteiger partial charge >= 0.3 is 0 Å². The Morgan fingerprint density at radius 3 is 2.64 bits per heavy atom. The van der Waals surface area contributed by atoms with Crippen molar-refractivity contribution in [3.05, 3.63) is 104 Å². The molecule has 33 heavy (non-hydrogen) atoms. The zero-order chi connectivity index (χ0) is 24.0. The van der Waals surface area contributed by atoms with Crippen LogP contribution in [0.1, 0.15) is 22.3 Å². The molecule has 0 spiro atoms. The van der Waals surface area contributed by atoms with Crippen molar-refractivity contribution in [2.45, 2.75) is 20.5 Å². The van der Waals surface area contributed by atoms with E-state index in [0.717, 1.165) is 11.1 Å². The van der Waals surface area contributed by atoms with Gasteiger partial charge in [0.05, 0.1) is 9.95 Å². The van der Waals surface area contributed by atoms with Gasteiger partial charge in [0.25, 0.3) is 11.6 Å². The van der Waals surface area contributed by atoms with Crippen LogP contribution in [0.5, 0.6) is 5.75 Å². The summed E-state index contributed by atoms with van der Waals surface area (Å²) in [6, 6.07) is 18.5. The van der Waals surface area contributed by atoms with Gasteiger partial charge in [0.15, 0.2) is 0 Å². The van der Waals surface area contributed by atoms with E-state index in [4.69, 9.17) is 16.3 Å². The number of nitro groups is 1. The fourth-order valence-electron chi connectivity index (χ4n) is 3.10. The van der Waals surface area contributed by atoms with E-state index in [-0.39, 0.29) is 22.9 Å². The summed E-state index contributed by atoms with van der Waals surface area (Å²) in [4.78, 5) is 23.0. The van der Waals surface area contributed by atoms with Crippen molar-refractivity contribution in [2.75, 3.05) is 5.32 Å². The normalized spacial score (nSPS) is 10.9. The van der Waals surface area contributed by atoms with Crippen LogP contribution in [0.4, 0.5) is 11.4 Å². The number of hydrogen-bond acceptors (Lipinski definition) is 5. The smallest absolute Gasteiger partial charge is 0.269 e. The molecule has 0 heterocycles. The Bertz CT molecular complexity index is 1300. The summed E-state index contributed by atoms with van der Waals surface area (Å²) in [5, 5.41) is 23.4. The average Bonchev–Trinajstić information content (AvgIpc) is 2.78. The van der Waals surface area contributed by atoms with Gasteiger partial charge in [-0.2, -0.15) is 5.26 Å². The number of halogens is 1. The van der Waals surface area contributed by atoms with Gasteiger partial charge in [-0.15, -0.1) is 0 Å². The number of hydrogen-bond donors (Lipinski definition) is 1. The summed E-state index contributed by atoms with van der Waals surface area (Å²) in [7, 11) is 0. The van der Waals surface area contributed by atoms with Gasteiger partial charge in [-0.05, 0) is 54.8 Å². The molecule has 0 aliphatic rings. The maximum Gasteiger partial charge on any atom is 0.269 e. The minimum absolute atomic E-state index is 0.0224. The molecule has 0 aromatic heterocycles. The molecule has 3 rings (SSSR count). The molecule has 0 fully saturated rings. The molecule has 7 nitrogen and oxygen atoms in total. The largest absolute Gasteiger partial charge is 0.487 e. The zero-order valence-electron chi connectivity index (χ0n) is 18.0. The Morgan fingerprint density at radius 1 is 1.18 bits per heavy atom. The Hall–Kier alpha value is -4.15. The van der Waals surface area contributed by atoms with Gasteiger partial charge in [0, 0.05) is 17.8 Å². The molecule has 0 unspecified atom stereocenters. The lowest BCUT2D eigenvalue weighted by molar-refractivity contribution is -0.384. The highest BCUT2D eigenvalue weighted by atomic mass is 35.5. The molecule has 3 aromatic carbocycles. The molecule has 8 heteroatoms. The van der Waals surface area contributed by atoms with Gasteiger partial charge in [0.1, 0.15) is 24.0 Å². The van der Waals surface area contributed by atoms with E-state index in [9.17, 15) is 20.2 Å². The monoisotopic (exact) mass is 461 g/mol. The van der Waals surface area contributed by atoms with Crippen LogP contribution in [-0.4, -0.2) is 10.8 Å². The Morgan fingerprint density at radius 2 is 1.97 bits per heavy atom. The number of benzene rings is 3. The van der Waals surface area contributed by atoms with Gasteiger partial charge < -0.3 is 10.1 Å². The number of rotatable bonds is 7. The molecule has 166 valence electrons. The van der Waals surface area contributed by atoms with Gasteiger partial charge in [-0.1, -0.05) is 47.5 Å². The number of anilines is 1. The Kier molecular flexibility index (Phi) is 7.44. The summed E-state index contributed by atoms with van der Waals surface area (Å²) in [5.74, 6) is -0.148. The summed E-state index contributed by atoms with van der Waals surface area (Å²) < 4.78 is 5.67. The van der Waals surface area contributed by atoms with E-state index in [1.807, 2.05) is 32.0 Å². The predicted molar refractivity (Wildman–Crippen MR) is 127 cm³/mol. The van der Waals surface area contributed by atoms with Crippen molar-refractivity contribution in [1.82, 2.24) is 0 Å². The number of carbonyl (C=O) groups is 1. The van der Waals surface area contributed by atoms with Crippen LogP contribution in [0.3, 0.4) is 0 Å². The highest BCUT2D eigenvalue weighted by Crippen LogP contribution is 2.28. The molecular weight excluding hydrogens is 442 g/mol. The van der Waals surface area contributed by atoms with Gasteiger partial charge in [-0.3, -0.25) is 14.9 Å². The maximum atomic E-state index is 12.6. The number of non-ortho nitro benzene ring substituents is 1. The van der Waals surface area contributed by atoms with Crippen LogP contribution in [0.15, 0.2) is 66.2 Å². The number of ether oxygens (including phenoxy) is 1. The third-order valence-corrected chi connectivity index (χ3v) is 5.07. The molecule has 0 saturated heterocycles. The van der Waals surface area contributed by atoms with Crippen LogP contribution in [0, 0.1) is 35.3 Å². The fourth-order valence-corrected chi connectivity index (χ4v) is 3.35. The van der Waals surface area contributed by atoms with E-state index in [0.29, 0.717) is 22.6 Å². The van der Waals surface area contributed by atoms with Crippen molar-refractivity contribution < 1.29 is 14.5 Å². The third kappa shape index (κ3) is 6.19. The van der Waals surface area contributed by atoms with Gasteiger partial charge in [0.2, 0.25) is 0 Å². The molecule has 0 atom stereocenters. The van der Waals surface area contributed by atoms with E-state index < -0.39 is 10.8 Å². The standard InChI is InChI=1S/C25H20ClN3O4/c1-16-6-8-23(17(2)10-16)28-25(30)20(14-27)11-18-7-9-24(22(26)13-18)33-15-19-4-3-5-21(12-19)29(31)32/h3-13H,15H2,1-2H3,(H,28,30)/b20-11+. The van der Waals surface area contributed by atoms with Crippen LogP contribution in [0.25, 0.3) is 6.08 Å². The van der Waals surface area contributed by atoms with E-state index >= 15 is 0 Å². The van der Waals surface area contributed by atoms with Crippen LogP contribution < -0.4 is 10.1 Å². The molecule has 0 saturated carbocycles. The molecule has 0 aliphatic heterocycles. The number of amides is 1. The van der Waals surface area contributed by atoms with Crippen molar-refractivity contribution in [1.29, 1.82) is 5.26 Å². The maximum absolute atomic E-state index is 12.6. The van der Waals surface area contributed by atoms with Crippen molar-refractivity contribution in [2.24, 2.45) is 0 Å². The second-order valence-corrected chi connectivity index (χ2v) is 7.76. The topological polar surface area (TPSA) is 105 Å². The van der Waals surface area contributed by atoms with E-state index in [1.165, 1.54) is 18.2 Å². The summed E-state index contributed by atoms with van der Waals surface area (Å²) in [5.41, 5.74) is 3.68. The summed E-state index contributed by atoms with van der Waals surface area (Å²) >= 11 is 6.30. The first kappa shape index (κ1) is 23.5. The molecule has 0 bridgehead atoms. The van der Waals surface area contributed by atoms with Crippen LogP contribution in [-0.2, 0) is 11.4 Å². The molecule has 1 amide bonds.